The maximum Gasteiger partial charge on any atom is 0.171 e. The Morgan fingerprint density at radius 2 is 1.87 bits per heavy atom. The zero-order valence-corrected chi connectivity index (χ0v) is 19.5. The van der Waals surface area contributed by atoms with Crippen molar-refractivity contribution in [2.45, 2.75) is 103 Å². The van der Waals surface area contributed by atoms with Crippen molar-refractivity contribution in [2.75, 3.05) is 6.61 Å². The van der Waals surface area contributed by atoms with Crippen LogP contribution in [-0.2, 0) is 9.47 Å². The van der Waals surface area contributed by atoms with Crippen LogP contribution in [0.2, 0.25) is 0 Å². The molecule has 3 nitrogen and oxygen atoms in total. The molecule has 6 aliphatic rings. The lowest BCUT2D eigenvalue weighted by atomic mass is 9.47. The Morgan fingerprint density at radius 1 is 1.03 bits per heavy atom. The van der Waals surface area contributed by atoms with Gasteiger partial charge in [0.25, 0.3) is 0 Å². The summed E-state index contributed by atoms with van der Waals surface area (Å²) in [6, 6.07) is 0. The van der Waals surface area contributed by atoms with Crippen molar-refractivity contribution in [2.24, 2.45) is 46.3 Å². The zero-order valence-electron chi connectivity index (χ0n) is 19.5. The van der Waals surface area contributed by atoms with E-state index in [4.69, 9.17) is 9.47 Å². The Labute approximate surface area is 183 Å². The van der Waals surface area contributed by atoms with Gasteiger partial charge in [-0.1, -0.05) is 39.3 Å². The summed E-state index contributed by atoms with van der Waals surface area (Å²) >= 11 is 0. The van der Waals surface area contributed by atoms with E-state index in [9.17, 15) is 5.11 Å². The van der Waals surface area contributed by atoms with E-state index in [1.165, 1.54) is 38.5 Å². The number of hydrogen-bond acceptors (Lipinski definition) is 3. The van der Waals surface area contributed by atoms with Gasteiger partial charge in [-0.05, 0) is 91.8 Å². The van der Waals surface area contributed by atoms with Crippen molar-refractivity contribution < 1.29 is 14.6 Å². The first-order chi connectivity index (χ1) is 14.3. The molecule has 2 aliphatic heterocycles. The van der Waals surface area contributed by atoms with E-state index in [2.05, 4.69) is 33.8 Å². The smallest absolute Gasteiger partial charge is 0.171 e. The normalized spacial score (nSPS) is 59.8. The molecule has 0 aromatic rings. The van der Waals surface area contributed by atoms with Gasteiger partial charge in [-0.3, -0.25) is 0 Å². The van der Waals surface area contributed by atoms with E-state index in [-0.39, 0.29) is 11.9 Å². The summed E-state index contributed by atoms with van der Waals surface area (Å²) in [6.07, 6.45) is 13.5. The monoisotopic (exact) mass is 414 g/mol. The fraction of sp³-hybridized carbons (Fsp3) is 0.926. The van der Waals surface area contributed by atoms with Gasteiger partial charge in [0.15, 0.2) is 5.79 Å². The first kappa shape index (κ1) is 20.2. The van der Waals surface area contributed by atoms with Crippen LogP contribution < -0.4 is 0 Å². The number of aliphatic hydroxyl groups is 1. The van der Waals surface area contributed by atoms with E-state index in [0.29, 0.717) is 34.7 Å². The summed E-state index contributed by atoms with van der Waals surface area (Å²) in [5, 5.41) is 10.3. The molecule has 0 radical (unpaired) electrons. The first-order valence-corrected chi connectivity index (χ1v) is 13.0. The fourth-order valence-electron chi connectivity index (χ4n) is 9.66. The Hall–Kier alpha value is -0.380. The molecule has 3 saturated carbocycles. The molecule has 3 unspecified atom stereocenters. The maximum atomic E-state index is 10.3. The number of allylic oxidation sites excluding steroid dienone is 1. The van der Waals surface area contributed by atoms with E-state index < -0.39 is 0 Å². The average molecular weight is 415 g/mol. The van der Waals surface area contributed by atoms with Crippen molar-refractivity contribution in [3.05, 3.63) is 11.6 Å². The lowest BCUT2D eigenvalue weighted by Gasteiger charge is -2.58. The summed E-state index contributed by atoms with van der Waals surface area (Å²) in [6.45, 7) is 10.8. The first-order valence-electron chi connectivity index (χ1n) is 13.0. The number of fused-ring (bicyclic) bond motifs is 7. The Kier molecular flexibility index (Phi) is 4.44. The van der Waals surface area contributed by atoms with Gasteiger partial charge in [-0.25, -0.2) is 0 Å². The molecule has 168 valence electrons. The highest BCUT2D eigenvalue weighted by Gasteiger charge is 2.68. The van der Waals surface area contributed by atoms with Gasteiger partial charge in [0.1, 0.15) is 0 Å². The molecule has 6 rings (SSSR count). The van der Waals surface area contributed by atoms with Crippen LogP contribution in [0.5, 0.6) is 0 Å². The van der Waals surface area contributed by atoms with Crippen LogP contribution in [0.15, 0.2) is 11.6 Å². The second-order valence-electron chi connectivity index (χ2n) is 12.7. The molecule has 2 heterocycles. The van der Waals surface area contributed by atoms with Crippen molar-refractivity contribution in [1.29, 1.82) is 0 Å². The average Bonchev–Trinajstić information content (AvgIpc) is 3.16. The third kappa shape index (κ3) is 2.55. The van der Waals surface area contributed by atoms with Gasteiger partial charge in [-0.15, -0.1) is 0 Å². The lowest BCUT2D eigenvalue weighted by molar-refractivity contribution is -0.272. The Morgan fingerprint density at radius 3 is 2.63 bits per heavy atom. The molecule has 1 spiro atoms. The minimum atomic E-state index is -0.294. The highest BCUT2D eigenvalue weighted by atomic mass is 16.7. The zero-order chi connectivity index (χ0) is 20.9. The molecule has 2 saturated heterocycles. The molecule has 0 aromatic heterocycles. The summed E-state index contributed by atoms with van der Waals surface area (Å²) in [5.74, 6) is 3.94. The second-order valence-corrected chi connectivity index (χ2v) is 12.7. The van der Waals surface area contributed by atoms with Crippen molar-refractivity contribution >= 4 is 0 Å². The number of ether oxygens (including phenoxy) is 2. The number of aliphatic hydroxyl groups excluding tert-OH is 1. The van der Waals surface area contributed by atoms with Gasteiger partial charge in [0, 0.05) is 12.3 Å². The van der Waals surface area contributed by atoms with Crippen molar-refractivity contribution in [3.8, 4) is 0 Å². The molecule has 11 atom stereocenters. The van der Waals surface area contributed by atoms with Gasteiger partial charge < -0.3 is 14.6 Å². The predicted molar refractivity (Wildman–Crippen MR) is 118 cm³/mol. The van der Waals surface area contributed by atoms with Crippen LogP contribution in [0.25, 0.3) is 0 Å². The fourth-order valence-corrected chi connectivity index (χ4v) is 9.66. The summed E-state index contributed by atoms with van der Waals surface area (Å²) < 4.78 is 13.3. The minimum Gasteiger partial charge on any atom is -0.393 e. The molecule has 1 N–H and O–H groups in total. The van der Waals surface area contributed by atoms with E-state index in [0.717, 1.165) is 43.6 Å². The minimum absolute atomic E-state index is 0.107. The molecular formula is C27H42O3. The van der Waals surface area contributed by atoms with Gasteiger partial charge in [-0.2, -0.15) is 0 Å². The predicted octanol–water partition coefficient (Wildman–Crippen LogP) is 5.71. The topological polar surface area (TPSA) is 38.7 Å². The van der Waals surface area contributed by atoms with Gasteiger partial charge in [0.2, 0.25) is 0 Å². The molecule has 3 heteroatoms. The summed E-state index contributed by atoms with van der Waals surface area (Å²) in [7, 11) is 0. The second kappa shape index (κ2) is 6.58. The van der Waals surface area contributed by atoms with E-state index >= 15 is 0 Å². The third-order valence-corrected chi connectivity index (χ3v) is 11.3. The number of hydrogen-bond donors (Lipinski definition) is 1. The highest BCUT2D eigenvalue weighted by molar-refractivity contribution is 5.26. The van der Waals surface area contributed by atoms with Gasteiger partial charge in [0.05, 0.1) is 18.8 Å². The molecule has 0 bridgehead atoms. The number of rotatable bonds is 0. The highest BCUT2D eigenvalue weighted by Crippen LogP contribution is 2.70. The molecular weight excluding hydrogens is 372 g/mol. The summed E-state index contributed by atoms with van der Waals surface area (Å²) in [4.78, 5) is 0. The van der Waals surface area contributed by atoms with Crippen LogP contribution >= 0.6 is 0 Å². The largest absolute Gasteiger partial charge is 0.393 e. The quantitative estimate of drug-likeness (QED) is 0.516. The lowest BCUT2D eigenvalue weighted by Crippen LogP contribution is -2.52. The van der Waals surface area contributed by atoms with Crippen LogP contribution in [0.1, 0.15) is 85.5 Å². The van der Waals surface area contributed by atoms with E-state index in [1.807, 2.05) is 0 Å². The standard InChI is InChI=1S/C27H42O3/c1-16-7-12-27(29-15-16)17(2)24-23(30-27)14-22-20-6-5-18-13-19(28)8-10-25(18,3)21(20)9-11-26(22,24)4/h5,16-17,19-24,28H,6-15H2,1-4H3/t16-,17?,19+,20-,21?,22?,23+,24+,25+,26+,27-/m1/s1. The summed E-state index contributed by atoms with van der Waals surface area (Å²) in [5.41, 5.74) is 2.31. The van der Waals surface area contributed by atoms with Crippen LogP contribution in [0.4, 0.5) is 0 Å². The van der Waals surface area contributed by atoms with E-state index in [1.54, 1.807) is 5.57 Å². The molecule has 0 aromatic carbocycles. The van der Waals surface area contributed by atoms with Crippen molar-refractivity contribution in [1.82, 2.24) is 0 Å². The van der Waals surface area contributed by atoms with Crippen LogP contribution in [0.3, 0.4) is 0 Å². The molecule has 5 fully saturated rings. The Bertz CT molecular complexity index is 736. The third-order valence-electron chi connectivity index (χ3n) is 11.3. The van der Waals surface area contributed by atoms with Gasteiger partial charge >= 0.3 is 0 Å². The molecule has 0 amide bonds. The van der Waals surface area contributed by atoms with Crippen LogP contribution in [0, 0.1) is 46.3 Å². The molecule has 30 heavy (non-hydrogen) atoms. The molecule has 4 aliphatic carbocycles. The van der Waals surface area contributed by atoms with Crippen LogP contribution in [-0.4, -0.2) is 29.7 Å². The van der Waals surface area contributed by atoms with Crippen molar-refractivity contribution in [3.63, 3.8) is 0 Å². The Balaban J connectivity index is 1.28. The maximum absolute atomic E-state index is 10.3. The SMILES string of the molecule is CC1[C@H]2[C@H](CC3[C@@H]4CC=C5C[C@@H](O)CC[C@]5(C)C4CC[C@@]32C)O[C@]12CC[C@@H](C)CO2.